The zero-order valence-corrected chi connectivity index (χ0v) is 7.65. The molecule has 1 nitrogen and oxygen atoms in total. The molecule has 2 heteroatoms. The van der Waals surface area contributed by atoms with Crippen LogP contribution < -0.4 is 4.74 Å². The molecule has 0 unspecified atom stereocenters. The van der Waals surface area contributed by atoms with E-state index in [2.05, 4.69) is 0 Å². The fourth-order valence-electron chi connectivity index (χ4n) is 1.31. The van der Waals surface area contributed by atoms with Crippen LogP contribution in [0.4, 0.5) is 4.39 Å². The normalized spacial score (nSPS) is 10.0. The lowest BCUT2D eigenvalue weighted by Gasteiger charge is -2.07. The molecule has 0 spiro atoms. The lowest BCUT2D eigenvalue weighted by molar-refractivity contribution is 0.410. The predicted molar refractivity (Wildman–Crippen MR) is 47.1 cm³/mol. The second-order valence-corrected chi connectivity index (χ2v) is 2.76. The number of benzene rings is 1. The summed E-state index contributed by atoms with van der Waals surface area (Å²) in [6, 6.07) is 3.27. The van der Waals surface area contributed by atoms with E-state index in [4.69, 9.17) is 4.74 Å². The molecule has 1 aromatic rings. The van der Waals surface area contributed by atoms with Gasteiger partial charge in [-0.2, -0.15) is 0 Å². The summed E-state index contributed by atoms with van der Waals surface area (Å²) in [6.45, 7) is 3.84. The fraction of sp³-hybridized carbons (Fsp3) is 0.400. The first-order valence-electron chi connectivity index (χ1n) is 4.02. The van der Waals surface area contributed by atoms with Crippen LogP contribution in [0.2, 0.25) is 0 Å². The van der Waals surface area contributed by atoms with Crippen molar-refractivity contribution in [3.05, 3.63) is 29.1 Å². The molecule has 0 aromatic heterocycles. The van der Waals surface area contributed by atoms with Crippen molar-refractivity contribution in [3.8, 4) is 5.75 Å². The maximum atomic E-state index is 13.2. The molecule has 0 bridgehead atoms. The van der Waals surface area contributed by atoms with Crippen LogP contribution >= 0.6 is 0 Å². The molecule has 0 aliphatic heterocycles. The number of aryl methyl sites for hydroxylation is 1. The number of halogens is 1. The van der Waals surface area contributed by atoms with Gasteiger partial charge in [0, 0.05) is 6.07 Å². The van der Waals surface area contributed by atoms with E-state index in [-0.39, 0.29) is 5.82 Å². The quantitative estimate of drug-likeness (QED) is 0.659. The molecule has 0 saturated carbocycles. The Morgan fingerprint density at radius 2 is 2.08 bits per heavy atom. The Bertz CT molecular complexity index is 258. The number of methoxy groups -OCH3 is 1. The van der Waals surface area contributed by atoms with Crippen LogP contribution in [0.25, 0.3) is 0 Å². The fourth-order valence-corrected chi connectivity index (χ4v) is 1.31. The molecule has 0 amide bonds. The van der Waals surface area contributed by atoms with Crippen molar-refractivity contribution >= 4 is 0 Å². The van der Waals surface area contributed by atoms with Crippen LogP contribution in [0.5, 0.6) is 5.75 Å². The first-order valence-corrected chi connectivity index (χ1v) is 4.02. The van der Waals surface area contributed by atoms with Crippen molar-refractivity contribution in [2.24, 2.45) is 0 Å². The van der Waals surface area contributed by atoms with Gasteiger partial charge in [-0.05, 0) is 30.5 Å². The van der Waals surface area contributed by atoms with Crippen molar-refractivity contribution in [3.63, 3.8) is 0 Å². The molecule has 0 aliphatic rings. The van der Waals surface area contributed by atoms with Crippen LogP contribution in [0.1, 0.15) is 18.1 Å². The van der Waals surface area contributed by atoms with Gasteiger partial charge in [0.15, 0.2) is 0 Å². The van der Waals surface area contributed by atoms with Gasteiger partial charge in [0.2, 0.25) is 0 Å². The highest BCUT2D eigenvalue weighted by molar-refractivity contribution is 5.36. The molecule has 66 valence electrons. The van der Waals surface area contributed by atoms with Crippen molar-refractivity contribution in [1.29, 1.82) is 0 Å². The van der Waals surface area contributed by atoms with E-state index in [0.29, 0.717) is 5.75 Å². The molecule has 0 aliphatic carbocycles. The molecule has 12 heavy (non-hydrogen) atoms. The third-order valence-electron chi connectivity index (χ3n) is 1.98. The third-order valence-corrected chi connectivity index (χ3v) is 1.98. The smallest absolute Gasteiger partial charge is 0.130 e. The van der Waals surface area contributed by atoms with Gasteiger partial charge >= 0.3 is 0 Å². The molecule has 0 N–H and O–H groups in total. The van der Waals surface area contributed by atoms with E-state index < -0.39 is 0 Å². The first-order chi connectivity index (χ1) is 5.69. The molecule has 1 aromatic carbocycles. The number of rotatable bonds is 2. The molecular formula is C10H13FO. The average molecular weight is 168 g/mol. The highest BCUT2D eigenvalue weighted by atomic mass is 19.1. The summed E-state index contributed by atoms with van der Waals surface area (Å²) in [6.07, 6.45) is 0.724. The summed E-state index contributed by atoms with van der Waals surface area (Å²) in [7, 11) is 1.54. The minimum atomic E-state index is -0.172. The van der Waals surface area contributed by atoms with E-state index >= 15 is 0 Å². The molecule has 0 fully saturated rings. The molecule has 0 heterocycles. The third kappa shape index (κ3) is 1.58. The van der Waals surface area contributed by atoms with E-state index in [1.165, 1.54) is 6.07 Å². The Hall–Kier alpha value is -1.05. The highest BCUT2D eigenvalue weighted by Crippen LogP contribution is 2.20. The van der Waals surface area contributed by atoms with Crippen LogP contribution in [-0.4, -0.2) is 7.11 Å². The SMILES string of the molecule is CCc1c(C)cc(OC)cc1F. The zero-order chi connectivity index (χ0) is 9.14. The van der Waals surface area contributed by atoms with E-state index in [1.807, 2.05) is 19.9 Å². The van der Waals surface area contributed by atoms with Gasteiger partial charge < -0.3 is 4.74 Å². The molecule has 0 atom stereocenters. The Labute approximate surface area is 72.2 Å². The van der Waals surface area contributed by atoms with Crippen molar-refractivity contribution < 1.29 is 9.13 Å². The molecule has 0 saturated heterocycles. The minimum Gasteiger partial charge on any atom is -0.497 e. The largest absolute Gasteiger partial charge is 0.497 e. The lowest BCUT2D eigenvalue weighted by atomic mass is 10.1. The van der Waals surface area contributed by atoms with Crippen LogP contribution in [0, 0.1) is 12.7 Å². The summed E-state index contributed by atoms with van der Waals surface area (Å²) in [5, 5.41) is 0. The van der Waals surface area contributed by atoms with Crippen molar-refractivity contribution in [2.75, 3.05) is 7.11 Å². The summed E-state index contributed by atoms with van der Waals surface area (Å²) < 4.78 is 18.2. The van der Waals surface area contributed by atoms with Crippen LogP contribution in [-0.2, 0) is 6.42 Å². The Balaban J connectivity index is 3.18. The summed E-state index contributed by atoms with van der Waals surface area (Å²) in [4.78, 5) is 0. The van der Waals surface area contributed by atoms with Gasteiger partial charge in [-0.25, -0.2) is 4.39 Å². The van der Waals surface area contributed by atoms with Gasteiger partial charge in [-0.3, -0.25) is 0 Å². The summed E-state index contributed by atoms with van der Waals surface area (Å²) in [5.74, 6) is 0.413. The zero-order valence-electron chi connectivity index (χ0n) is 7.65. The van der Waals surface area contributed by atoms with Gasteiger partial charge in [0.25, 0.3) is 0 Å². The maximum Gasteiger partial charge on any atom is 0.130 e. The monoisotopic (exact) mass is 168 g/mol. The van der Waals surface area contributed by atoms with Gasteiger partial charge in [0.05, 0.1) is 7.11 Å². The summed E-state index contributed by atoms with van der Waals surface area (Å²) >= 11 is 0. The topological polar surface area (TPSA) is 9.23 Å². The van der Waals surface area contributed by atoms with Crippen LogP contribution in [0.3, 0.4) is 0 Å². The van der Waals surface area contributed by atoms with E-state index in [0.717, 1.165) is 17.5 Å². The predicted octanol–water partition coefficient (Wildman–Crippen LogP) is 2.71. The molecule has 0 radical (unpaired) electrons. The van der Waals surface area contributed by atoms with Gasteiger partial charge in [0.1, 0.15) is 11.6 Å². The number of hydrogen-bond donors (Lipinski definition) is 0. The van der Waals surface area contributed by atoms with Crippen molar-refractivity contribution in [1.82, 2.24) is 0 Å². The second kappa shape index (κ2) is 3.57. The highest BCUT2D eigenvalue weighted by Gasteiger charge is 2.05. The van der Waals surface area contributed by atoms with Gasteiger partial charge in [-0.1, -0.05) is 6.92 Å². The summed E-state index contributed by atoms with van der Waals surface area (Å²) in [5.41, 5.74) is 1.73. The Kier molecular flexibility index (Phi) is 2.69. The standard InChI is InChI=1S/C10H13FO/c1-4-9-7(2)5-8(12-3)6-10(9)11/h5-6H,4H2,1-3H3. The molecular weight excluding hydrogens is 155 g/mol. The minimum absolute atomic E-state index is 0.172. The number of ether oxygens (including phenoxy) is 1. The van der Waals surface area contributed by atoms with Crippen molar-refractivity contribution in [2.45, 2.75) is 20.3 Å². The Morgan fingerprint density at radius 3 is 2.50 bits per heavy atom. The second-order valence-electron chi connectivity index (χ2n) is 2.76. The maximum absolute atomic E-state index is 13.2. The van der Waals surface area contributed by atoms with Gasteiger partial charge in [-0.15, -0.1) is 0 Å². The van der Waals surface area contributed by atoms with E-state index in [1.54, 1.807) is 7.11 Å². The lowest BCUT2D eigenvalue weighted by Crippen LogP contribution is -1.94. The molecule has 1 rings (SSSR count). The Morgan fingerprint density at radius 1 is 1.42 bits per heavy atom. The van der Waals surface area contributed by atoms with Crippen LogP contribution in [0.15, 0.2) is 12.1 Å². The average Bonchev–Trinajstić information content (AvgIpc) is 2.03. The number of hydrogen-bond acceptors (Lipinski definition) is 1. The van der Waals surface area contributed by atoms with E-state index in [9.17, 15) is 4.39 Å². The first kappa shape index (κ1) is 9.04.